The van der Waals surface area contributed by atoms with E-state index in [9.17, 15) is 18.0 Å². The van der Waals surface area contributed by atoms with Crippen molar-refractivity contribution in [2.24, 2.45) is 0 Å². The standard InChI is InChI=1S/C13H14F3N3O/c1-9(20)18-5-2-6-19-12-7-10(8-17)3-4-11(12)13(14,15)16/h3-4,7,19H,2,5-6H2,1H3,(H,18,20). The summed E-state index contributed by atoms with van der Waals surface area (Å²) in [6.45, 7) is 2.01. The fourth-order valence-electron chi connectivity index (χ4n) is 1.58. The van der Waals surface area contributed by atoms with E-state index in [1.165, 1.54) is 13.0 Å². The maximum atomic E-state index is 12.8. The first-order chi connectivity index (χ1) is 9.34. The van der Waals surface area contributed by atoms with Crippen molar-refractivity contribution in [3.8, 4) is 6.07 Å². The smallest absolute Gasteiger partial charge is 0.384 e. The molecule has 0 aromatic heterocycles. The predicted molar refractivity (Wildman–Crippen MR) is 67.9 cm³/mol. The molecule has 0 unspecified atom stereocenters. The Bertz CT molecular complexity index is 521. The summed E-state index contributed by atoms with van der Waals surface area (Å²) < 4.78 is 38.4. The van der Waals surface area contributed by atoms with Crippen LogP contribution in [0.5, 0.6) is 0 Å². The Hall–Kier alpha value is -2.23. The van der Waals surface area contributed by atoms with Gasteiger partial charge in [-0.05, 0) is 24.6 Å². The second-order valence-corrected chi connectivity index (χ2v) is 4.13. The number of anilines is 1. The maximum Gasteiger partial charge on any atom is 0.418 e. The number of nitriles is 1. The highest BCUT2D eigenvalue weighted by molar-refractivity contribution is 5.72. The van der Waals surface area contributed by atoms with Crippen LogP contribution in [0.25, 0.3) is 0 Å². The Morgan fingerprint density at radius 1 is 1.35 bits per heavy atom. The van der Waals surface area contributed by atoms with Crippen LogP contribution in [0.2, 0.25) is 0 Å². The molecule has 4 nitrogen and oxygen atoms in total. The van der Waals surface area contributed by atoms with Gasteiger partial charge in [0.2, 0.25) is 5.91 Å². The number of benzene rings is 1. The summed E-state index contributed by atoms with van der Waals surface area (Å²) in [4.78, 5) is 10.6. The van der Waals surface area contributed by atoms with Crippen LogP contribution < -0.4 is 10.6 Å². The molecule has 0 bridgehead atoms. The SMILES string of the molecule is CC(=O)NCCCNc1cc(C#N)ccc1C(F)(F)F. The van der Waals surface area contributed by atoms with Gasteiger partial charge in [-0.1, -0.05) is 0 Å². The second kappa shape index (κ2) is 6.80. The van der Waals surface area contributed by atoms with E-state index in [1.54, 1.807) is 6.07 Å². The highest BCUT2D eigenvalue weighted by Gasteiger charge is 2.33. The van der Waals surface area contributed by atoms with Gasteiger partial charge in [-0.2, -0.15) is 18.4 Å². The summed E-state index contributed by atoms with van der Waals surface area (Å²) >= 11 is 0. The van der Waals surface area contributed by atoms with Crippen LogP contribution >= 0.6 is 0 Å². The number of amides is 1. The molecule has 0 aliphatic rings. The molecule has 0 saturated heterocycles. The van der Waals surface area contributed by atoms with E-state index < -0.39 is 11.7 Å². The Kier molecular flexibility index (Phi) is 5.38. The second-order valence-electron chi connectivity index (χ2n) is 4.13. The molecular formula is C13H14F3N3O. The first kappa shape index (κ1) is 15.8. The lowest BCUT2D eigenvalue weighted by atomic mass is 10.1. The minimum absolute atomic E-state index is 0.126. The van der Waals surface area contributed by atoms with Gasteiger partial charge in [0.25, 0.3) is 0 Å². The lowest BCUT2D eigenvalue weighted by Gasteiger charge is -2.14. The number of halogens is 3. The van der Waals surface area contributed by atoms with Crippen molar-refractivity contribution in [3.63, 3.8) is 0 Å². The number of hydrogen-bond acceptors (Lipinski definition) is 3. The molecule has 0 atom stereocenters. The molecule has 2 N–H and O–H groups in total. The Morgan fingerprint density at radius 3 is 2.60 bits per heavy atom. The van der Waals surface area contributed by atoms with Gasteiger partial charge in [0.15, 0.2) is 0 Å². The molecule has 108 valence electrons. The van der Waals surface area contributed by atoms with Crippen molar-refractivity contribution in [1.29, 1.82) is 5.26 Å². The van der Waals surface area contributed by atoms with Gasteiger partial charge in [-0.25, -0.2) is 0 Å². The number of carbonyl (C=O) groups is 1. The van der Waals surface area contributed by atoms with Crippen molar-refractivity contribution in [1.82, 2.24) is 5.32 Å². The van der Waals surface area contributed by atoms with Crippen molar-refractivity contribution in [3.05, 3.63) is 29.3 Å². The minimum Gasteiger partial charge on any atom is -0.384 e. The van der Waals surface area contributed by atoms with E-state index in [1.807, 2.05) is 0 Å². The van der Waals surface area contributed by atoms with Gasteiger partial charge < -0.3 is 10.6 Å². The van der Waals surface area contributed by atoms with Crippen LogP contribution in [0.1, 0.15) is 24.5 Å². The molecule has 0 radical (unpaired) electrons. The summed E-state index contributed by atoms with van der Waals surface area (Å²) in [7, 11) is 0. The number of nitrogens with one attached hydrogen (secondary N) is 2. The normalized spacial score (nSPS) is 10.8. The summed E-state index contributed by atoms with van der Waals surface area (Å²) in [5.41, 5.74) is -0.780. The lowest BCUT2D eigenvalue weighted by molar-refractivity contribution is -0.137. The average molecular weight is 285 g/mol. The van der Waals surface area contributed by atoms with Crippen LogP contribution in [-0.2, 0) is 11.0 Å². The van der Waals surface area contributed by atoms with Gasteiger partial charge in [0.05, 0.1) is 17.2 Å². The zero-order valence-corrected chi connectivity index (χ0v) is 10.8. The van der Waals surface area contributed by atoms with Crippen molar-refractivity contribution in [2.45, 2.75) is 19.5 Å². The van der Waals surface area contributed by atoms with E-state index in [4.69, 9.17) is 5.26 Å². The fourth-order valence-corrected chi connectivity index (χ4v) is 1.58. The average Bonchev–Trinajstić information content (AvgIpc) is 2.36. The van der Waals surface area contributed by atoms with Gasteiger partial charge in [-0.15, -0.1) is 0 Å². The summed E-state index contributed by atoms with van der Waals surface area (Å²) in [6, 6.07) is 4.98. The first-order valence-electron chi connectivity index (χ1n) is 5.94. The third-order valence-corrected chi connectivity index (χ3v) is 2.50. The molecule has 0 saturated carbocycles. The van der Waals surface area contributed by atoms with Crippen molar-refractivity contribution >= 4 is 11.6 Å². The predicted octanol–water partition coefficient (Wildman–Crippen LogP) is 2.52. The quantitative estimate of drug-likeness (QED) is 0.817. The number of alkyl halides is 3. The molecule has 1 rings (SSSR count). The van der Waals surface area contributed by atoms with Crippen molar-refractivity contribution in [2.75, 3.05) is 18.4 Å². The van der Waals surface area contributed by atoms with Crippen LogP contribution in [0.3, 0.4) is 0 Å². The van der Waals surface area contributed by atoms with E-state index >= 15 is 0 Å². The largest absolute Gasteiger partial charge is 0.418 e. The molecule has 7 heteroatoms. The topological polar surface area (TPSA) is 64.9 Å². The van der Waals surface area contributed by atoms with E-state index in [0.717, 1.165) is 12.1 Å². The van der Waals surface area contributed by atoms with Gasteiger partial charge >= 0.3 is 6.18 Å². The highest BCUT2D eigenvalue weighted by Crippen LogP contribution is 2.35. The molecule has 1 aromatic carbocycles. The van der Waals surface area contributed by atoms with E-state index in [2.05, 4.69) is 10.6 Å². The van der Waals surface area contributed by atoms with Gasteiger partial charge in [-0.3, -0.25) is 4.79 Å². The van der Waals surface area contributed by atoms with E-state index in [0.29, 0.717) is 13.0 Å². The first-order valence-corrected chi connectivity index (χ1v) is 5.94. The summed E-state index contributed by atoms with van der Waals surface area (Å²) in [6.07, 6.45) is -4.00. The third kappa shape index (κ3) is 4.80. The van der Waals surface area contributed by atoms with Crippen molar-refractivity contribution < 1.29 is 18.0 Å². The third-order valence-electron chi connectivity index (χ3n) is 2.50. The summed E-state index contributed by atoms with van der Waals surface area (Å²) in [5, 5.41) is 13.9. The number of nitrogens with zero attached hydrogens (tertiary/aromatic N) is 1. The lowest BCUT2D eigenvalue weighted by Crippen LogP contribution is -2.23. The fraction of sp³-hybridized carbons (Fsp3) is 0.385. The minimum atomic E-state index is -4.48. The molecule has 0 heterocycles. The van der Waals surface area contributed by atoms with Crippen LogP contribution in [0.15, 0.2) is 18.2 Å². The Balaban J connectivity index is 2.72. The molecule has 0 spiro atoms. The summed E-state index contributed by atoms with van der Waals surface area (Å²) in [5.74, 6) is -0.188. The molecule has 20 heavy (non-hydrogen) atoms. The zero-order valence-electron chi connectivity index (χ0n) is 10.8. The van der Waals surface area contributed by atoms with E-state index in [-0.39, 0.29) is 23.7 Å². The molecule has 0 aliphatic carbocycles. The monoisotopic (exact) mass is 285 g/mol. The molecule has 1 amide bonds. The Labute approximate surface area is 114 Å². The Morgan fingerprint density at radius 2 is 2.05 bits per heavy atom. The van der Waals surface area contributed by atoms with Crippen LogP contribution in [-0.4, -0.2) is 19.0 Å². The maximum absolute atomic E-state index is 12.8. The number of rotatable bonds is 5. The number of carbonyl (C=O) groups excluding carboxylic acids is 1. The highest BCUT2D eigenvalue weighted by atomic mass is 19.4. The molecule has 1 aromatic rings. The van der Waals surface area contributed by atoms with Gasteiger partial charge in [0, 0.05) is 25.7 Å². The van der Waals surface area contributed by atoms with Gasteiger partial charge in [0.1, 0.15) is 0 Å². The zero-order chi connectivity index (χ0) is 15.2. The van der Waals surface area contributed by atoms with Crippen LogP contribution in [0, 0.1) is 11.3 Å². The number of hydrogen-bond donors (Lipinski definition) is 2. The molecule has 0 aliphatic heterocycles. The molecule has 0 fully saturated rings. The molecular weight excluding hydrogens is 271 g/mol. The van der Waals surface area contributed by atoms with Crippen LogP contribution in [0.4, 0.5) is 18.9 Å².